The maximum absolute atomic E-state index is 12.8. The first-order chi connectivity index (χ1) is 12.0. The molecule has 3 aromatic rings. The van der Waals surface area contributed by atoms with E-state index in [4.69, 9.17) is 12.2 Å². The largest absolute Gasteiger partial charge is 0.508 e. The Morgan fingerprint density at radius 2 is 1.96 bits per heavy atom. The Labute approximate surface area is 154 Å². The highest BCUT2D eigenvalue weighted by molar-refractivity contribution is 8.27. The van der Waals surface area contributed by atoms with E-state index in [9.17, 15) is 9.90 Å². The lowest BCUT2D eigenvalue weighted by molar-refractivity contribution is -0.113. The fourth-order valence-electron chi connectivity index (χ4n) is 2.95. The predicted molar refractivity (Wildman–Crippen MR) is 107 cm³/mol. The summed E-state index contributed by atoms with van der Waals surface area (Å²) in [4.78, 5) is 14.9. The molecule has 124 valence electrons. The van der Waals surface area contributed by atoms with Crippen LogP contribution in [0.25, 0.3) is 17.0 Å². The van der Waals surface area contributed by atoms with Crippen molar-refractivity contribution in [2.24, 2.45) is 7.05 Å². The van der Waals surface area contributed by atoms with Crippen LogP contribution in [-0.4, -0.2) is 19.9 Å². The van der Waals surface area contributed by atoms with Crippen molar-refractivity contribution in [2.75, 3.05) is 4.90 Å². The second kappa shape index (κ2) is 6.06. The fraction of sp³-hybridized carbons (Fsp3) is 0.0526. The molecule has 0 unspecified atom stereocenters. The summed E-state index contributed by atoms with van der Waals surface area (Å²) in [6.07, 6.45) is 3.88. The van der Waals surface area contributed by atoms with Gasteiger partial charge in [0.1, 0.15) is 5.75 Å². The van der Waals surface area contributed by atoms with E-state index in [0.29, 0.717) is 14.9 Å². The predicted octanol–water partition coefficient (Wildman–Crippen LogP) is 4.29. The van der Waals surface area contributed by atoms with Gasteiger partial charge in [-0.3, -0.25) is 9.69 Å². The van der Waals surface area contributed by atoms with Gasteiger partial charge in [0.2, 0.25) is 0 Å². The third kappa shape index (κ3) is 2.73. The topological polar surface area (TPSA) is 45.5 Å². The number of thioether (sulfide) groups is 1. The van der Waals surface area contributed by atoms with Gasteiger partial charge in [0, 0.05) is 35.8 Å². The molecule has 1 aliphatic rings. The number of thiocarbonyl (C=S) groups is 1. The number of aryl methyl sites for hydroxylation is 1. The molecule has 0 radical (unpaired) electrons. The van der Waals surface area contributed by atoms with Gasteiger partial charge >= 0.3 is 0 Å². The summed E-state index contributed by atoms with van der Waals surface area (Å²) in [5.74, 6) is -0.0712. The normalized spacial score (nSPS) is 16.4. The number of hydrogen-bond donors (Lipinski definition) is 1. The Bertz CT molecular complexity index is 1050. The number of aromatic hydroxyl groups is 1. The lowest BCUT2D eigenvalue weighted by Gasteiger charge is -2.14. The number of phenols is 1. The van der Waals surface area contributed by atoms with Crippen molar-refractivity contribution in [1.82, 2.24) is 4.57 Å². The molecular weight excluding hydrogens is 352 g/mol. The molecule has 6 heteroatoms. The molecule has 0 bridgehead atoms. The highest BCUT2D eigenvalue weighted by Gasteiger charge is 2.33. The van der Waals surface area contributed by atoms with Gasteiger partial charge < -0.3 is 9.67 Å². The molecule has 25 heavy (non-hydrogen) atoms. The summed E-state index contributed by atoms with van der Waals surface area (Å²) in [5, 5.41) is 10.8. The van der Waals surface area contributed by atoms with Gasteiger partial charge in [-0.05, 0) is 24.3 Å². The van der Waals surface area contributed by atoms with Crippen LogP contribution in [0.5, 0.6) is 5.75 Å². The first-order valence-corrected chi connectivity index (χ1v) is 8.88. The number of fused-ring (bicyclic) bond motifs is 1. The molecule has 1 aliphatic heterocycles. The summed E-state index contributed by atoms with van der Waals surface area (Å²) in [7, 11) is 1.98. The summed E-state index contributed by atoms with van der Waals surface area (Å²) in [6.45, 7) is 0. The average molecular weight is 366 g/mol. The molecule has 4 rings (SSSR count). The quantitative estimate of drug-likeness (QED) is 0.543. The lowest BCUT2D eigenvalue weighted by atomic mass is 10.1. The Hall–Kier alpha value is -2.57. The number of amides is 1. The zero-order chi connectivity index (χ0) is 17.6. The molecule has 0 spiro atoms. The SMILES string of the molecule is Cn1cc(/C=C2\SC(=S)N(c3cccc(O)c3)C2=O)c2ccccc21. The number of hydrogen-bond acceptors (Lipinski definition) is 4. The van der Waals surface area contributed by atoms with E-state index in [1.165, 1.54) is 22.7 Å². The monoisotopic (exact) mass is 366 g/mol. The lowest BCUT2D eigenvalue weighted by Crippen LogP contribution is -2.27. The van der Waals surface area contributed by atoms with Crippen LogP contribution in [0.3, 0.4) is 0 Å². The van der Waals surface area contributed by atoms with E-state index in [0.717, 1.165) is 16.5 Å². The van der Waals surface area contributed by atoms with E-state index >= 15 is 0 Å². The zero-order valence-electron chi connectivity index (χ0n) is 13.3. The molecule has 1 amide bonds. The van der Waals surface area contributed by atoms with Crippen LogP contribution >= 0.6 is 24.0 Å². The minimum atomic E-state index is -0.173. The van der Waals surface area contributed by atoms with E-state index in [2.05, 4.69) is 0 Å². The van der Waals surface area contributed by atoms with Crippen LogP contribution in [0.2, 0.25) is 0 Å². The van der Waals surface area contributed by atoms with E-state index in [-0.39, 0.29) is 11.7 Å². The number of aromatic nitrogens is 1. The van der Waals surface area contributed by atoms with Crippen molar-refractivity contribution in [2.45, 2.75) is 0 Å². The molecule has 0 aliphatic carbocycles. The van der Waals surface area contributed by atoms with E-state index in [1.807, 2.05) is 48.2 Å². The summed E-state index contributed by atoms with van der Waals surface area (Å²) in [6, 6.07) is 14.6. The third-order valence-electron chi connectivity index (χ3n) is 4.10. The van der Waals surface area contributed by atoms with E-state index in [1.54, 1.807) is 18.2 Å². The van der Waals surface area contributed by atoms with Gasteiger partial charge in [0.25, 0.3) is 5.91 Å². The molecule has 1 aromatic heterocycles. The van der Waals surface area contributed by atoms with Crippen LogP contribution in [0.4, 0.5) is 5.69 Å². The second-order valence-corrected chi connectivity index (χ2v) is 7.43. The van der Waals surface area contributed by atoms with Crippen LogP contribution < -0.4 is 4.90 Å². The highest BCUT2D eigenvalue weighted by atomic mass is 32.2. The number of nitrogens with zero attached hydrogens (tertiary/aromatic N) is 2. The van der Waals surface area contributed by atoms with Crippen molar-refractivity contribution in [3.05, 3.63) is 65.2 Å². The number of carbonyl (C=O) groups is 1. The average Bonchev–Trinajstić information content (AvgIpc) is 3.05. The number of carbonyl (C=O) groups excluding carboxylic acids is 1. The standard InChI is InChI=1S/C19H14N2O2S2/c1-20-11-12(15-7-2-3-8-16(15)20)9-17-18(23)21(19(24)25-17)13-5-4-6-14(22)10-13/h2-11,22H,1H3/b17-9-. The van der Waals surface area contributed by atoms with Gasteiger partial charge in [-0.1, -0.05) is 48.2 Å². The van der Waals surface area contributed by atoms with Crippen LogP contribution in [0.15, 0.2) is 59.6 Å². The third-order valence-corrected chi connectivity index (χ3v) is 5.40. The molecule has 2 heterocycles. The Balaban J connectivity index is 1.75. The van der Waals surface area contributed by atoms with Crippen molar-refractivity contribution < 1.29 is 9.90 Å². The Kier molecular flexibility index (Phi) is 3.86. The molecule has 1 N–H and O–H groups in total. The Morgan fingerprint density at radius 1 is 1.16 bits per heavy atom. The number of rotatable bonds is 2. The van der Waals surface area contributed by atoms with E-state index < -0.39 is 0 Å². The van der Waals surface area contributed by atoms with Gasteiger partial charge in [0.05, 0.1) is 10.6 Å². The minimum absolute atomic E-state index is 0.101. The molecular formula is C19H14N2O2S2. The van der Waals surface area contributed by atoms with Crippen molar-refractivity contribution in [3.8, 4) is 5.75 Å². The molecule has 0 atom stereocenters. The number of phenolic OH excluding ortho intramolecular Hbond substituents is 1. The van der Waals surface area contributed by atoms with Crippen LogP contribution in [0, 0.1) is 0 Å². The van der Waals surface area contributed by atoms with Crippen molar-refractivity contribution in [3.63, 3.8) is 0 Å². The molecule has 1 fully saturated rings. The van der Waals surface area contributed by atoms with Gasteiger partial charge in [-0.25, -0.2) is 0 Å². The van der Waals surface area contributed by atoms with Crippen LogP contribution in [0.1, 0.15) is 5.56 Å². The maximum Gasteiger partial charge on any atom is 0.270 e. The number of benzene rings is 2. The summed E-state index contributed by atoms with van der Waals surface area (Å²) >= 11 is 6.65. The maximum atomic E-state index is 12.8. The Morgan fingerprint density at radius 3 is 2.76 bits per heavy atom. The van der Waals surface area contributed by atoms with Crippen molar-refractivity contribution in [1.29, 1.82) is 0 Å². The summed E-state index contributed by atoms with van der Waals surface area (Å²) in [5.41, 5.74) is 2.66. The summed E-state index contributed by atoms with van der Waals surface area (Å²) < 4.78 is 2.50. The first-order valence-electron chi connectivity index (χ1n) is 7.65. The minimum Gasteiger partial charge on any atom is -0.508 e. The van der Waals surface area contributed by atoms with Crippen LogP contribution in [-0.2, 0) is 11.8 Å². The number of para-hydroxylation sites is 1. The first kappa shape index (κ1) is 15.9. The number of anilines is 1. The fourth-order valence-corrected chi connectivity index (χ4v) is 4.24. The molecule has 1 saturated heterocycles. The zero-order valence-corrected chi connectivity index (χ0v) is 15.0. The van der Waals surface area contributed by atoms with Gasteiger partial charge in [0.15, 0.2) is 4.32 Å². The van der Waals surface area contributed by atoms with Gasteiger partial charge in [-0.2, -0.15) is 0 Å². The second-order valence-electron chi connectivity index (χ2n) is 5.75. The molecule has 0 saturated carbocycles. The smallest absolute Gasteiger partial charge is 0.270 e. The highest BCUT2D eigenvalue weighted by Crippen LogP contribution is 2.37. The van der Waals surface area contributed by atoms with Gasteiger partial charge in [-0.15, -0.1) is 0 Å². The molecule has 2 aromatic carbocycles. The van der Waals surface area contributed by atoms with Crippen molar-refractivity contribution >= 4 is 56.9 Å². The molecule has 4 nitrogen and oxygen atoms in total.